The Morgan fingerprint density at radius 2 is 1.87 bits per heavy atom. The molecule has 0 aliphatic rings. The van der Waals surface area contributed by atoms with E-state index in [1.807, 2.05) is 39.0 Å². The van der Waals surface area contributed by atoms with Crippen molar-refractivity contribution in [2.45, 2.75) is 20.8 Å². The number of methoxy groups -OCH3 is 1. The second-order valence-electron chi connectivity index (χ2n) is 6.81. The SMILES string of the molecule is CCOc1cc(/C=C/C(=O)N(C)CC(=O)Nc2c(C)cccc2C)cc(Cl)c1OC. The molecule has 0 fully saturated rings. The lowest BCUT2D eigenvalue weighted by atomic mass is 10.1. The normalized spacial score (nSPS) is 10.7. The number of likely N-dealkylation sites (N-methyl/N-ethyl adjacent to an activating group) is 1. The van der Waals surface area contributed by atoms with Gasteiger partial charge in [-0.1, -0.05) is 29.8 Å². The Labute approximate surface area is 182 Å². The summed E-state index contributed by atoms with van der Waals surface area (Å²) in [5.41, 5.74) is 3.40. The highest BCUT2D eigenvalue weighted by Crippen LogP contribution is 2.36. The van der Waals surface area contributed by atoms with E-state index < -0.39 is 0 Å². The molecule has 0 radical (unpaired) electrons. The van der Waals surface area contributed by atoms with Crippen LogP contribution in [0, 0.1) is 13.8 Å². The summed E-state index contributed by atoms with van der Waals surface area (Å²) >= 11 is 6.23. The van der Waals surface area contributed by atoms with Crippen molar-refractivity contribution in [3.05, 3.63) is 58.1 Å². The smallest absolute Gasteiger partial charge is 0.246 e. The van der Waals surface area contributed by atoms with Gasteiger partial charge in [0.15, 0.2) is 11.5 Å². The summed E-state index contributed by atoms with van der Waals surface area (Å²) in [6.45, 7) is 6.10. The fourth-order valence-electron chi connectivity index (χ4n) is 2.92. The van der Waals surface area contributed by atoms with Crippen LogP contribution >= 0.6 is 11.6 Å². The van der Waals surface area contributed by atoms with Crippen molar-refractivity contribution >= 4 is 35.2 Å². The first kappa shape index (κ1) is 23.3. The highest BCUT2D eigenvalue weighted by molar-refractivity contribution is 6.32. The summed E-state index contributed by atoms with van der Waals surface area (Å²) in [4.78, 5) is 26.1. The topological polar surface area (TPSA) is 67.9 Å². The van der Waals surface area contributed by atoms with Gasteiger partial charge in [-0.3, -0.25) is 9.59 Å². The molecule has 2 aromatic rings. The second kappa shape index (κ2) is 10.7. The molecule has 0 spiro atoms. The predicted octanol–water partition coefficient (Wildman–Crippen LogP) is 4.47. The van der Waals surface area contributed by atoms with Gasteiger partial charge in [0.05, 0.1) is 25.3 Å². The van der Waals surface area contributed by atoms with E-state index in [4.69, 9.17) is 21.1 Å². The molecule has 2 aromatic carbocycles. The largest absolute Gasteiger partial charge is 0.491 e. The lowest BCUT2D eigenvalue weighted by molar-refractivity contribution is -0.129. The second-order valence-corrected chi connectivity index (χ2v) is 7.22. The van der Waals surface area contributed by atoms with Crippen LogP contribution in [0.2, 0.25) is 5.02 Å². The van der Waals surface area contributed by atoms with Gasteiger partial charge in [0.1, 0.15) is 0 Å². The predicted molar refractivity (Wildman–Crippen MR) is 120 cm³/mol. The Morgan fingerprint density at radius 3 is 2.47 bits per heavy atom. The number of hydrogen-bond acceptors (Lipinski definition) is 4. The van der Waals surface area contributed by atoms with E-state index in [9.17, 15) is 9.59 Å². The zero-order valence-corrected chi connectivity index (χ0v) is 18.7. The average molecular weight is 431 g/mol. The van der Waals surface area contributed by atoms with E-state index in [1.54, 1.807) is 25.3 Å². The van der Waals surface area contributed by atoms with Crippen molar-refractivity contribution < 1.29 is 19.1 Å². The van der Waals surface area contributed by atoms with Gasteiger partial charge < -0.3 is 19.7 Å². The summed E-state index contributed by atoms with van der Waals surface area (Å²) in [7, 11) is 3.09. The van der Waals surface area contributed by atoms with Crippen LogP contribution in [0.3, 0.4) is 0 Å². The van der Waals surface area contributed by atoms with Crippen molar-refractivity contribution in [3.63, 3.8) is 0 Å². The van der Waals surface area contributed by atoms with Crippen molar-refractivity contribution in [2.75, 3.05) is 32.6 Å². The quantitative estimate of drug-likeness (QED) is 0.627. The van der Waals surface area contributed by atoms with E-state index in [-0.39, 0.29) is 18.4 Å². The first-order valence-corrected chi connectivity index (χ1v) is 9.94. The minimum Gasteiger partial charge on any atom is -0.491 e. The maximum absolute atomic E-state index is 12.4. The van der Waals surface area contributed by atoms with Crippen molar-refractivity contribution in [1.29, 1.82) is 0 Å². The zero-order valence-electron chi connectivity index (χ0n) is 17.9. The van der Waals surface area contributed by atoms with E-state index in [2.05, 4.69) is 5.32 Å². The van der Waals surface area contributed by atoms with Crippen LogP contribution in [-0.4, -0.2) is 44.0 Å². The average Bonchev–Trinajstić information content (AvgIpc) is 2.69. The van der Waals surface area contributed by atoms with Crippen LogP contribution in [0.4, 0.5) is 5.69 Å². The fraction of sp³-hybridized carbons (Fsp3) is 0.304. The number of para-hydroxylation sites is 1. The molecule has 1 N–H and O–H groups in total. The third kappa shape index (κ3) is 6.00. The highest BCUT2D eigenvalue weighted by Gasteiger charge is 2.14. The van der Waals surface area contributed by atoms with Crippen LogP contribution in [0.25, 0.3) is 6.08 Å². The van der Waals surface area contributed by atoms with E-state index in [1.165, 1.54) is 18.1 Å². The summed E-state index contributed by atoms with van der Waals surface area (Å²) in [6.07, 6.45) is 3.01. The number of nitrogens with zero attached hydrogens (tertiary/aromatic N) is 1. The monoisotopic (exact) mass is 430 g/mol. The molecule has 0 aliphatic heterocycles. The first-order chi connectivity index (χ1) is 14.3. The molecule has 0 heterocycles. The molecule has 0 bridgehead atoms. The van der Waals surface area contributed by atoms with Crippen LogP contribution in [0.5, 0.6) is 11.5 Å². The number of ether oxygens (including phenoxy) is 2. The number of anilines is 1. The Bertz CT molecular complexity index is 936. The standard InChI is InChI=1S/C23H27ClN2O4/c1-6-30-19-13-17(12-18(24)23(19)29-5)10-11-21(28)26(4)14-20(27)25-22-15(2)8-7-9-16(22)3/h7-13H,6,14H2,1-5H3,(H,25,27)/b11-10+. The summed E-state index contributed by atoms with van der Waals surface area (Å²) in [5, 5.41) is 3.26. The van der Waals surface area contributed by atoms with E-state index >= 15 is 0 Å². The first-order valence-electron chi connectivity index (χ1n) is 9.56. The molecule has 0 aliphatic carbocycles. The molecule has 0 unspecified atom stereocenters. The maximum Gasteiger partial charge on any atom is 0.246 e. The third-order valence-corrected chi connectivity index (χ3v) is 4.74. The lowest BCUT2D eigenvalue weighted by Crippen LogP contribution is -2.34. The molecule has 160 valence electrons. The van der Waals surface area contributed by atoms with Gasteiger partial charge in [0.2, 0.25) is 11.8 Å². The van der Waals surface area contributed by atoms with Gasteiger partial charge in [-0.2, -0.15) is 0 Å². The van der Waals surface area contributed by atoms with Crippen molar-refractivity contribution in [2.24, 2.45) is 0 Å². The number of amides is 2. The molecule has 6 nitrogen and oxygen atoms in total. The van der Waals surface area contributed by atoms with Gasteiger partial charge in [-0.15, -0.1) is 0 Å². The van der Waals surface area contributed by atoms with Gasteiger partial charge in [0.25, 0.3) is 0 Å². The molecule has 0 aromatic heterocycles. The minimum absolute atomic E-state index is 0.0650. The number of benzene rings is 2. The molecular formula is C23H27ClN2O4. The minimum atomic E-state index is -0.309. The Morgan fingerprint density at radius 1 is 1.20 bits per heavy atom. The fourth-order valence-corrected chi connectivity index (χ4v) is 3.22. The van der Waals surface area contributed by atoms with E-state index in [0.29, 0.717) is 28.7 Å². The molecular weight excluding hydrogens is 404 g/mol. The Kier molecular flexibility index (Phi) is 8.30. The highest BCUT2D eigenvalue weighted by atomic mass is 35.5. The van der Waals surface area contributed by atoms with Crippen molar-refractivity contribution in [3.8, 4) is 11.5 Å². The van der Waals surface area contributed by atoms with E-state index in [0.717, 1.165) is 16.8 Å². The molecule has 0 atom stereocenters. The van der Waals surface area contributed by atoms with Crippen LogP contribution in [0.15, 0.2) is 36.4 Å². The molecule has 2 rings (SSSR count). The number of rotatable bonds is 8. The number of hydrogen-bond donors (Lipinski definition) is 1. The summed E-state index contributed by atoms with van der Waals surface area (Å²) in [5.74, 6) is 0.377. The van der Waals surface area contributed by atoms with Gasteiger partial charge in [0, 0.05) is 18.8 Å². The number of carbonyl (C=O) groups is 2. The molecule has 2 amide bonds. The van der Waals surface area contributed by atoms with Crippen LogP contribution in [0.1, 0.15) is 23.6 Å². The van der Waals surface area contributed by atoms with Gasteiger partial charge >= 0.3 is 0 Å². The van der Waals surface area contributed by atoms with Crippen molar-refractivity contribution in [1.82, 2.24) is 4.90 Å². The number of carbonyl (C=O) groups excluding carboxylic acids is 2. The number of halogens is 1. The maximum atomic E-state index is 12.4. The number of aryl methyl sites for hydroxylation is 2. The van der Waals surface area contributed by atoms with Crippen LogP contribution in [-0.2, 0) is 9.59 Å². The van der Waals surface area contributed by atoms with Gasteiger partial charge in [-0.05, 0) is 55.7 Å². The molecule has 0 saturated carbocycles. The summed E-state index contributed by atoms with van der Waals surface area (Å²) < 4.78 is 10.8. The lowest BCUT2D eigenvalue weighted by Gasteiger charge is -2.17. The van der Waals surface area contributed by atoms with Gasteiger partial charge in [-0.25, -0.2) is 0 Å². The number of nitrogens with one attached hydrogen (secondary N) is 1. The molecule has 7 heteroatoms. The zero-order chi connectivity index (χ0) is 22.3. The summed E-state index contributed by atoms with van der Waals surface area (Å²) in [6, 6.07) is 9.21. The Balaban J connectivity index is 2.05. The third-order valence-electron chi connectivity index (χ3n) is 4.46. The Hall–Kier alpha value is -2.99. The molecule has 0 saturated heterocycles. The van der Waals surface area contributed by atoms with Crippen LogP contribution < -0.4 is 14.8 Å². The molecule has 30 heavy (non-hydrogen) atoms.